The van der Waals surface area contributed by atoms with Crippen LogP contribution in [-0.4, -0.2) is 14.1 Å². The molecule has 0 fully saturated rings. The normalized spacial score (nSPS) is 10.6. The van der Waals surface area contributed by atoms with E-state index in [0.29, 0.717) is 5.69 Å². The van der Waals surface area contributed by atoms with Crippen LogP contribution in [0.3, 0.4) is 0 Å². The Morgan fingerprint density at radius 2 is 1.89 bits per heavy atom. The van der Waals surface area contributed by atoms with Gasteiger partial charge in [-0.1, -0.05) is 11.6 Å². The molecule has 0 saturated heterocycles. The maximum atomic E-state index is 13.7. The zero-order valence-corrected chi connectivity index (χ0v) is 11.0. The summed E-state index contributed by atoms with van der Waals surface area (Å²) in [6, 6.07) is 4.44. The van der Waals surface area contributed by atoms with Crippen LogP contribution in [-0.2, 0) is 0 Å². The van der Waals surface area contributed by atoms with Crippen molar-refractivity contribution < 1.29 is 13.2 Å². The minimum absolute atomic E-state index is 0.00160. The van der Waals surface area contributed by atoms with Crippen LogP contribution in [0.15, 0.2) is 33.5 Å². The molecule has 0 atom stereocenters. The lowest BCUT2D eigenvalue weighted by Crippen LogP contribution is -2.14. The molecule has 0 saturated carbocycles. The van der Waals surface area contributed by atoms with E-state index in [1.54, 1.807) is 19.0 Å². The fraction of sp³-hybridized carbons (Fsp3) is 0.154. The molecule has 1 aromatic carbocycles. The summed E-state index contributed by atoms with van der Waals surface area (Å²) in [5, 5.41) is -0.0868. The summed E-state index contributed by atoms with van der Waals surface area (Å²) >= 11 is 5.81. The van der Waals surface area contributed by atoms with E-state index in [9.17, 15) is 13.6 Å². The molecule has 2 rings (SSSR count). The van der Waals surface area contributed by atoms with Gasteiger partial charge < -0.3 is 9.32 Å². The molecule has 0 aliphatic rings. The van der Waals surface area contributed by atoms with E-state index >= 15 is 0 Å². The number of anilines is 1. The highest BCUT2D eigenvalue weighted by Crippen LogP contribution is 2.29. The third kappa shape index (κ3) is 2.61. The lowest BCUT2D eigenvalue weighted by atomic mass is 10.1. The summed E-state index contributed by atoms with van der Waals surface area (Å²) < 4.78 is 31.4. The number of benzene rings is 1. The zero-order chi connectivity index (χ0) is 14.2. The fourth-order valence-corrected chi connectivity index (χ4v) is 1.88. The summed E-state index contributed by atoms with van der Waals surface area (Å²) in [5.41, 5.74) is -0.374. The van der Waals surface area contributed by atoms with Crippen LogP contribution in [0.5, 0.6) is 0 Å². The first-order chi connectivity index (χ1) is 8.90. The minimum atomic E-state index is -0.810. The van der Waals surface area contributed by atoms with Crippen LogP contribution < -0.4 is 10.5 Å². The smallest absolute Gasteiger partial charge is 0.357 e. The van der Waals surface area contributed by atoms with Crippen LogP contribution in [0.2, 0.25) is 5.02 Å². The quantitative estimate of drug-likeness (QED) is 0.849. The Morgan fingerprint density at radius 3 is 2.47 bits per heavy atom. The highest BCUT2D eigenvalue weighted by molar-refractivity contribution is 6.33. The largest absolute Gasteiger partial charge is 0.421 e. The van der Waals surface area contributed by atoms with Gasteiger partial charge in [0.05, 0.1) is 11.3 Å². The summed E-state index contributed by atoms with van der Waals surface area (Å²) in [5.74, 6) is -1.52. The van der Waals surface area contributed by atoms with Gasteiger partial charge in [-0.05, 0) is 12.1 Å². The van der Waals surface area contributed by atoms with E-state index in [0.717, 1.165) is 12.1 Å². The lowest BCUT2D eigenvalue weighted by molar-refractivity contribution is 0.518. The molecule has 0 aliphatic heterocycles. The second-order valence-corrected chi connectivity index (χ2v) is 4.49. The SMILES string of the molecule is CN(C)c1cc(-c2ccc(F)cc2F)oc(=O)c1Cl. The topological polar surface area (TPSA) is 33.5 Å². The van der Waals surface area contributed by atoms with Gasteiger partial charge in [0.25, 0.3) is 0 Å². The van der Waals surface area contributed by atoms with Crippen molar-refractivity contribution in [2.75, 3.05) is 19.0 Å². The van der Waals surface area contributed by atoms with Crippen molar-refractivity contribution in [3.8, 4) is 11.3 Å². The van der Waals surface area contributed by atoms with E-state index in [1.807, 2.05) is 0 Å². The van der Waals surface area contributed by atoms with Crippen molar-refractivity contribution >= 4 is 17.3 Å². The summed E-state index contributed by atoms with van der Waals surface area (Å²) in [4.78, 5) is 13.2. The predicted molar refractivity (Wildman–Crippen MR) is 69.7 cm³/mol. The number of rotatable bonds is 2. The standard InChI is InChI=1S/C13H10ClF2NO2/c1-17(2)10-6-11(19-13(18)12(10)14)8-4-3-7(15)5-9(8)16/h3-6H,1-2H3. The monoisotopic (exact) mass is 285 g/mol. The maximum absolute atomic E-state index is 13.7. The van der Waals surface area contributed by atoms with Gasteiger partial charge in [0.2, 0.25) is 0 Å². The number of hydrogen-bond donors (Lipinski definition) is 0. The Labute approximate surface area is 113 Å². The molecule has 2 aromatic rings. The second-order valence-electron chi connectivity index (χ2n) is 4.12. The molecular formula is C13H10ClF2NO2. The third-order valence-corrected chi connectivity index (χ3v) is 2.90. The Balaban J connectivity index is 2.66. The molecule has 0 aliphatic carbocycles. The van der Waals surface area contributed by atoms with Crippen molar-refractivity contribution in [3.63, 3.8) is 0 Å². The molecule has 100 valence electrons. The van der Waals surface area contributed by atoms with Crippen LogP contribution >= 0.6 is 11.6 Å². The first kappa shape index (κ1) is 13.5. The number of halogens is 3. The summed E-state index contributed by atoms with van der Waals surface area (Å²) in [6.45, 7) is 0. The molecule has 19 heavy (non-hydrogen) atoms. The highest BCUT2D eigenvalue weighted by atomic mass is 35.5. The molecule has 0 amide bonds. The number of hydrogen-bond acceptors (Lipinski definition) is 3. The van der Waals surface area contributed by atoms with Crippen molar-refractivity contribution in [1.29, 1.82) is 0 Å². The Kier molecular flexibility index (Phi) is 3.57. The van der Waals surface area contributed by atoms with Crippen molar-refractivity contribution in [2.24, 2.45) is 0 Å². The van der Waals surface area contributed by atoms with Crippen LogP contribution in [0.4, 0.5) is 14.5 Å². The Bertz CT molecular complexity index is 683. The summed E-state index contributed by atoms with van der Waals surface area (Å²) in [7, 11) is 3.37. The van der Waals surface area contributed by atoms with Crippen LogP contribution in [0.25, 0.3) is 11.3 Å². The molecule has 1 heterocycles. The molecular weight excluding hydrogens is 276 g/mol. The van der Waals surface area contributed by atoms with Gasteiger partial charge >= 0.3 is 5.63 Å². The molecule has 0 radical (unpaired) electrons. The predicted octanol–water partition coefficient (Wildman–Crippen LogP) is 3.30. The maximum Gasteiger partial charge on any atom is 0.357 e. The Morgan fingerprint density at radius 1 is 1.21 bits per heavy atom. The molecule has 0 bridgehead atoms. The van der Waals surface area contributed by atoms with Gasteiger partial charge in [-0.2, -0.15) is 0 Å². The van der Waals surface area contributed by atoms with Gasteiger partial charge in [-0.3, -0.25) is 0 Å². The fourth-order valence-electron chi connectivity index (χ4n) is 1.61. The second kappa shape index (κ2) is 5.01. The van der Waals surface area contributed by atoms with Gasteiger partial charge in [-0.15, -0.1) is 0 Å². The molecule has 1 aromatic heterocycles. The van der Waals surface area contributed by atoms with Gasteiger partial charge in [-0.25, -0.2) is 13.6 Å². The van der Waals surface area contributed by atoms with Crippen molar-refractivity contribution in [1.82, 2.24) is 0 Å². The van der Waals surface area contributed by atoms with Gasteiger partial charge in [0.1, 0.15) is 22.4 Å². The van der Waals surface area contributed by atoms with E-state index in [4.69, 9.17) is 16.0 Å². The Hall–Kier alpha value is -1.88. The third-order valence-electron chi connectivity index (χ3n) is 2.55. The summed E-state index contributed by atoms with van der Waals surface area (Å²) in [6.07, 6.45) is 0. The van der Waals surface area contributed by atoms with E-state index in [2.05, 4.69) is 0 Å². The minimum Gasteiger partial charge on any atom is -0.421 e. The van der Waals surface area contributed by atoms with Crippen molar-refractivity contribution in [2.45, 2.75) is 0 Å². The van der Waals surface area contributed by atoms with Gasteiger partial charge in [0, 0.05) is 26.2 Å². The van der Waals surface area contributed by atoms with E-state index in [1.165, 1.54) is 12.1 Å². The molecule has 0 N–H and O–H groups in total. The van der Waals surface area contributed by atoms with Crippen LogP contribution in [0.1, 0.15) is 0 Å². The van der Waals surface area contributed by atoms with Gasteiger partial charge in [0.15, 0.2) is 0 Å². The first-order valence-corrected chi connectivity index (χ1v) is 5.74. The molecule has 6 heteroatoms. The lowest BCUT2D eigenvalue weighted by Gasteiger charge is -2.14. The average molecular weight is 286 g/mol. The molecule has 0 spiro atoms. The van der Waals surface area contributed by atoms with Crippen molar-refractivity contribution in [3.05, 3.63) is 51.3 Å². The highest BCUT2D eigenvalue weighted by Gasteiger charge is 2.15. The number of nitrogens with zero attached hydrogens (tertiary/aromatic N) is 1. The molecule has 3 nitrogen and oxygen atoms in total. The molecule has 0 unspecified atom stereocenters. The zero-order valence-electron chi connectivity index (χ0n) is 10.2. The van der Waals surface area contributed by atoms with E-state index in [-0.39, 0.29) is 16.3 Å². The van der Waals surface area contributed by atoms with Crippen LogP contribution in [0, 0.1) is 11.6 Å². The first-order valence-electron chi connectivity index (χ1n) is 5.36. The average Bonchev–Trinajstić information content (AvgIpc) is 2.32. The van der Waals surface area contributed by atoms with E-state index < -0.39 is 17.3 Å².